The summed E-state index contributed by atoms with van der Waals surface area (Å²) in [6.07, 6.45) is 0.813. The maximum absolute atomic E-state index is 10.2. The first-order chi connectivity index (χ1) is 4.09. The Morgan fingerprint density at radius 3 is 2.20 bits per heavy atom. The Morgan fingerprint density at radius 2 is 2.10 bits per heavy atom. The van der Waals surface area contributed by atoms with Crippen molar-refractivity contribution < 1.29 is 9.90 Å². The van der Waals surface area contributed by atoms with E-state index < -0.39 is 12.0 Å². The van der Waals surface area contributed by atoms with Crippen molar-refractivity contribution in [1.82, 2.24) is 0 Å². The molecule has 0 aliphatic carbocycles. The minimum Gasteiger partial charge on any atom is -0.480 e. The molecule has 0 heterocycles. The molecule has 0 aromatic rings. The molecule has 4 heteroatoms. The van der Waals surface area contributed by atoms with Crippen LogP contribution in [-0.2, 0) is 4.79 Å². The maximum Gasteiger partial charge on any atom is 0.320 e. The van der Waals surface area contributed by atoms with Crippen LogP contribution in [0.25, 0.3) is 0 Å². The Balaban J connectivity index is 0. The van der Waals surface area contributed by atoms with Crippen molar-refractivity contribution in [2.24, 2.45) is 11.7 Å². The van der Waals surface area contributed by atoms with Gasteiger partial charge >= 0.3 is 5.97 Å². The molecule has 0 aliphatic heterocycles. The van der Waals surface area contributed by atoms with Crippen LogP contribution in [0.5, 0.6) is 0 Å². The van der Waals surface area contributed by atoms with E-state index in [0.29, 0.717) is 0 Å². The molecule has 55 valence electrons. The minimum atomic E-state index is -0.913. The van der Waals surface area contributed by atoms with Crippen LogP contribution in [0.15, 0.2) is 0 Å². The SMILES string of the molecule is CC[C@H](C)[C@H](N)C(=O)O.[Li]. The number of nitrogens with two attached hydrogens (primary N) is 1. The molecule has 3 N–H and O–H groups in total. The molecule has 0 spiro atoms. The number of hydrogen-bond acceptors (Lipinski definition) is 2. The molecule has 0 amide bonds. The third kappa shape index (κ3) is 3.94. The molecular formula is C6H13LiNO2. The van der Waals surface area contributed by atoms with E-state index in [-0.39, 0.29) is 24.8 Å². The van der Waals surface area contributed by atoms with E-state index >= 15 is 0 Å². The Morgan fingerprint density at radius 1 is 1.70 bits per heavy atom. The van der Waals surface area contributed by atoms with Crippen LogP contribution in [0.1, 0.15) is 20.3 Å². The second-order valence-electron chi connectivity index (χ2n) is 2.25. The Kier molecular flexibility index (Phi) is 7.34. The topological polar surface area (TPSA) is 63.3 Å². The van der Waals surface area contributed by atoms with E-state index in [4.69, 9.17) is 10.8 Å². The van der Waals surface area contributed by atoms with Gasteiger partial charge in [0.25, 0.3) is 0 Å². The van der Waals surface area contributed by atoms with Crippen LogP contribution >= 0.6 is 0 Å². The Bertz CT molecular complexity index is 108. The van der Waals surface area contributed by atoms with Crippen molar-refractivity contribution >= 4 is 24.8 Å². The summed E-state index contributed by atoms with van der Waals surface area (Å²) in [5.41, 5.74) is 5.27. The molecule has 0 fully saturated rings. The van der Waals surface area contributed by atoms with Crippen molar-refractivity contribution in [2.45, 2.75) is 26.3 Å². The average molecular weight is 138 g/mol. The van der Waals surface area contributed by atoms with Crippen LogP contribution in [0, 0.1) is 5.92 Å². The molecular weight excluding hydrogens is 125 g/mol. The third-order valence-corrected chi connectivity index (χ3v) is 1.54. The van der Waals surface area contributed by atoms with Crippen LogP contribution < -0.4 is 5.73 Å². The predicted molar refractivity (Wildman–Crippen MR) is 40.8 cm³/mol. The summed E-state index contributed by atoms with van der Waals surface area (Å²) in [6.45, 7) is 3.76. The molecule has 0 aromatic heterocycles. The zero-order valence-corrected chi connectivity index (χ0v) is 6.79. The average Bonchev–Trinajstić information content (AvgIpc) is 1.84. The maximum atomic E-state index is 10.2. The monoisotopic (exact) mass is 138 g/mol. The fourth-order valence-electron chi connectivity index (χ4n) is 0.497. The molecule has 0 unspecified atom stereocenters. The Labute approximate surface area is 73.2 Å². The number of aliphatic carboxylic acids is 1. The second kappa shape index (κ2) is 5.79. The van der Waals surface area contributed by atoms with Gasteiger partial charge < -0.3 is 10.8 Å². The molecule has 0 bridgehead atoms. The fraction of sp³-hybridized carbons (Fsp3) is 0.833. The van der Waals surface area contributed by atoms with Crippen molar-refractivity contribution in [3.8, 4) is 0 Å². The zero-order chi connectivity index (χ0) is 7.44. The van der Waals surface area contributed by atoms with Crippen LogP contribution in [-0.4, -0.2) is 36.0 Å². The van der Waals surface area contributed by atoms with Crippen molar-refractivity contribution in [1.29, 1.82) is 0 Å². The van der Waals surface area contributed by atoms with Gasteiger partial charge in [0.2, 0.25) is 0 Å². The first-order valence-electron chi connectivity index (χ1n) is 3.08. The van der Waals surface area contributed by atoms with Crippen LogP contribution in [0.3, 0.4) is 0 Å². The summed E-state index contributed by atoms with van der Waals surface area (Å²) in [7, 11) is 0. The van der Waals surface area contributed by atoms with Gasteiger partial charge in [-0.3, -0.25) is 4.79 Å². The van der Waals surface area contributed by atoms with Gasteiger partial charge in [0, 0.05) is 18.9 Å². The summed E-state index contributed by atoms with van der Waals surface area (Å²) in [4.78, 5) is 10.2. The minimum absolute atomic E-state index is 0. The Hall–Kier alpha value is 0.0274. The van der Waals surface area contributed by atoms with Crippen molar-refractivity contribution in [2.75, 3.05) is 0 Å². The normalized spacial score (nSPS) is 15.1. The number of carboxylic acids is 1. The summed E-state index contributed by atoms with van der Waals surface area (Å²) < 4.78 is 0. The molecule has 0 saturated carbocycles. The molecule has 0 saturated heterocycles. The van der Waals surface area contributed by atoms with E-state index in [2.05, 4.69) is 0 Å². The van der Waals surface area contributed by atoms with Gasteiger partial charge in [0.15, 0.2) is 0 Å². The van der Waals surface area contributed by atoms with E-state index in [1.54, 1.807) is 0 Å². The second-order valence-corrected chi connectivity index (χ2v) is 2.25. The molecule has 0 aromatic carbocycles. The van der Waals surface area contributed by atoms with Gasteiger partial charge in [-0.1, -0.05) is 20.3 Å². The van der Waals surface area contributed by atoms with Gasteiger partial charge in [-0.2, -0.15) is 0 Å². The van der Waals surface area contributed by atoms with E-state index in [1.807, 2.05) is 13.8 Å². The van der Waals surface area contributed by atoms with Crippen LogP contribution in [0.4, 0.5) is 0 Å². The zero-order valence-electron chi connectivity index (χ0n) is 6.79. The number of hydrogen-bond donors (Lipinski definition) is 2. The van der Waals surface area contributed by atoms with Crippen molar-refractivity contribution in [3.63, 3.8) is 0 Å². The quantitative estimate of drug-likeness (QED) is 0.542. The van der Waals surface area contributed by atoms with Crippen molar-refractivity contribution in [3.05, 3.63) is 0 Å². The molecule has 2 atom stereocenters. The summed E-state index contributed by atoms with van der Waals surface area (Å²) >= 11 is 0. The van der Waals surface area contributed by atoms with E-state index in [1.165, 1.54) is 0 Å². The van der Waals surface area contributed by atoms with Crippen LogP contribution in [0.2, 0.25) is 0 Å². The predicted octanol–water partition coefficient (Wildman–Crippen LogP) is 0.0636. The third-order valence-electron chi connectivity index (χ3n) is 1.54. The van der Waals surface area contributed by atoms with Gasteiger partial charge in [0.1, 0.15) is 6.04 Å². The van der Waals surface area contributed by atoms with Gasteiger partial charge in [-0.05, 0) is 5.92 Å². The first kappa shape index (κ1) is 12.7. The van der Waals surface area contributed by atoms with Gasteiger partial charge in [-0.25, -0.2) is 0 Å². The molecule has 10 heavy (non-hydrogen) atoms. The van der Waals surface area contributed by atoms with Gasteiger partial charge in [0.05, 0.1) is 0 Å². The summed E-state index contributed by atoms with van der Waals surface area (Å²) in [5, 5.41) is 8.36. The van der Waals surface area contributed by atoms with E-state index in [9.17, 15) is 4.79 Å². The number of carbonyl (C=O) groups is 1. The smallest absolute Gasteiger partial charge is 0.320 e. The largest absolute Gasteiger partial charge is 0.480 e. The molecule has 0 rings (SSSR count). The summed E-state index contributed by atoms with van der Waals surface area (Å²) in [5.74, 6) is -0.841. The fourth-order valence-corrected chi connectivity index (χ4v) is 0.497. The molecule has 0 aliphatic rings. The summed E-state index contributed by atoms with van der Waals surface area (Å²) in [6, 6.07) is -0.699. The molecule has 3 nitrogen and oxygen atoms in total. The first-order valence-corrected chi connectivity index (χ1v) is 3.08. The number of rotatable bonds is 3. The van der Waals surface area contributed by atoms with E-state index in [0.717, 1.165) is 6.42 Å². The standard InChI is InChI=1S/C6H13NO2.Li/c1-3-4(2)5(7)6(8)9;/h4-5H,3,7H2,1-2H3,(H,8,9);/t4-,5-;/m0./s1. The molecule has 1 radical (unpaired) electrons. The number of carboxylic acid groups (broad SMARTS) is 1. The van der Waals surface area contributed by atoms with Gasteiger partial charge in [-0.15, -0.1) is 0 Å².